The summed E-state index contributed by atoms with van der Waals surface area (Å²) in [4.78, 5) is 23.6. The molecule has 4 rings (SSSR count). The number of carbonyl (C=O) groups is 1. The van der Waals surface area contributed by atoms with Gasteiger partial charge in [0.25, 0.3) is 5.91 Å². The van der Waals surface area contributed by atoms with E-state index in [9.17, 15) is 9.90 Å². The standard InChI is InChI=1S/C22H20N4O3/c1-26-20(28)22(25-21(26)23,16-6-8-17(27)9-7-16)19-13-15(10-11-24-19)14-4-3-5-18(12-14)29-2/h3-13,27H,1-2H3,(H2,23,25). The van der Waals surface area contributed by atoms with Crippen LogP contribution in [0.2, 0.25) is 0 Å². The Hall–Kier alpha value is -3.87. The predicted molar refractivity (Wildman–Crippen MR) is 110 cm³/mol. The lowest BCUT2D eigenvalue weighted by molar-refractivity contribution is -0.129. The van der Waals surface area contributed by atoms with E-state index in [0.29, 0.717) is 11.3 Å². The zero-order valence-electron chi connectivity index (χ0n) is 16.0. The summed E-state index contributed by atoms with van der Waals surface area (Å²) in [7, 11) is 3.19. The number of phenolic OH excluding ortho intramolecular Hbond substituents is 1. The van der Waals surface area contributed by atoms with Gasteiger partial charge in [-0.1, -0.05) is 24.3 Å². The summed E-state index contributed by atoms with van der Waals surface area (Å²) >= 11 is 0. The van der Waals surface area contributed by atoms with Gasteiger partial charge in [0.05, 0.1) is 12.8 Å². The van der Waals surface area contributed by atoms with E-state index in [1.165, 1.54) is 17.0 Å². The number of ether oxygens (including phenoxy) is 1. The number of aliphatic imine (C=N–C) groups is 1. The summed E-state index contributed by atoms with van der Waals surface area (Å²) in [6.07, 6.45) is 1.64. The molecule has 0 bridgehead atoms. The maximum Gasteiger partial charge on any atom is 0.267 e. The Morgan fingerprint density at radius 2 is 1.79 bits per heavy atom. The van der Waals surface area contributed by atoms with Crippen molar-refractivity contribution in [3.63, 3.8) is 0 Å². The fraction of sp³-hybridized carbons (Fsp3) is 0.136. The molecule has 1 unspecified atom stereocenters. The Bertz CT molecular complexity index is 1110. The van der Waals surface area contributed by atoms with Crippen molar-refractivity contribution in [2.24, 2.45) is 10.7 Å². The fourth-order valence-corrected chi connectivity index (χ4v) is 3.46. The molecule has 29 heavy (non-hydrogen) atoms. The number of phenols is 1. The minimum Gasteiger partial charge on any atom is -0.508 e. The number of likely N-dealkylation sites (N-methyl/N-ethyl adjacent to an activating group) is 1. The molecule has 3 aromatic rings. The monoisotopic (exact) mass is 388 g/mol. The van der Waals surface area contributed by atoms with E-state index in [1.54, 1.807) is 32.5 Å². The SMILES string of the molecule is COc1cccc(-c2ccnc(C3(c4ccc(O)cc4)N=C(N)N(C)C3=O)c2)c1. The van der Waals surface area contributed by atoms with Crippen molar-refractivity contribution in [1.29, 1.82) is 0 Å². The second-order valence-electron chi connectivity index (χ2n) is 6.75. The molecule has 2 heterocycles. The molecule has 0 aliphatic carbocycles. The van der Waals surface area contributed by atoms with Gasteiger partial charge in [-0.2, -0.15) is 0 Å². The Kier molecular flexibility index (Phi) is 4.43. The molecule has 3 N–H and O–H groups in total. The number of hydrogen-bond acceptors (Lipinski definition) is 6. The van der Waals surface area contributed by atoms with Crippen molar-refractivity contribution in [3.8, 4) is 22.6 Å². The van der Waals surface area contributed by atoms with Crippen LogP contribution in [0.4, 0.5) is 0 Å². The number of methoxy groups -OCH3 is 1. The van der Waals surface area contributed by atoms with Gasteiger partial charge in [-0.25, -0.2) is 4.99 Å². The average Bonchev–Trinajstić information content (AvgIpc) is 2.99. The number of aromatic nitrogens is 1. The predicted octanol–water partition coefficient (Wildman–Crippen LogP) is 2.49. The van der Waals surface area contributed by atoms with E-state index in [4.69, 9.17) is 10.5 Å². The van der Waals surface area contributed by atoms with Gasteiger partial charge in [0.1, 0.15) is 11.5 Å². The summed E-state index contributed by atoms with van der Waals surface area (Å²) in [5.74, 6) is 0.624. The summed E-state index contributed by atoms with van der Waals surface area (Å²) < 4.78 is 5.31. The van der Waals surface area contributed by atoms with E-state index in [0.717, 1.165) is 16.9 Å². The molecule has 1 aromatic heterocycles. The van der Waals surface area contributed by atoms with Crippen LogP contribution in [-0.2, 0) is 10.3 Å². The number of pyridine rings is 1. The number of carbonyl (C=O) groups excluding carboxylic acids is 1. The number of hydrogen-bond donors (Lipinski definition) is 2. The summed E-state index contributed by atoms with van der Waals surface area (Å²) in [6, 6.07) is 17.7. The van der Waals surface area contributed by atoms with Crippen molar-refractivity contribution in [3.05, 3.63) is 78.1 Å². The zero-order chi connectivity index (χ0) is 20.6. The highest BCUT2D eigenvalue weighted by Gasteiger charge is 2.50. The summed E-state index contributed by atoms with van der Waals surface area (Å²) in [5, 5.41) is 9.68. The van der Waals surface area contributed by atoms with Gasteiger partial charge >= 0.3 is 0 Å². The van der Waals surface area contributed by atoms with Crippen LogP contribution in [0, 0.1) is 0 Å². The molecule has 0 radical (unpaired) electrons. The van der Waals surface area contributed by atoms with Crippen LogP contribution < -0.4 is 10.5 Å². The molecule has 0 saturated carbocycles. The Balaban J connectivity index is 1.91. The number of rotatable bonds is 4. The van der Waals surface area contributed by atoms with Gasteiger partial charge in [0.15, 0.2) is 5.96 Å². The van der Waals surface area contributed by atoms with Gasteiger partial charge in [0.2, 0.25) is 5.54 Å². The molecule has 0 spiro atoms. The third-order valence-corrected chi connectivity index (χ3v) is 5.06. The van der Waals surface area contributed by atoms with Gasteiger partial charge in [-0.15, -0.1) is 0 Å². The average molecular weight is 388 g/mol. The van der Waals surface area contributed by atoms with Crippen LogP contribution >= 0.6 is 0 Å². The molecule has 0 saturated heterocycles. The van der Waals surface area contributed by atoms with Crippen LogP contribution in [0.15, 0.2) is 71.9 Å². The van der Waals surface area contributed by atoms with Crippen molar-refractivity contribution in [2.75, 3.05) is 14.2 Å². The van der Waals surface area contributed by atoms with Crippen LogP contribution in [0.5, 0.6) is 11.5 Å². The Morgan fingerprint density at radius 1 is 1.07 bits per heavy atom. The van der Waals surface area contributed by atoms with Crippen molar-refractivity contribution >= 4 is 11.9 Å². The molecule has 0 fully saturated rings. The molecule has 7 nitrogen and oxygen atoms in total. The smallest absolute Gasteiger partial charge is 0.267 e. The molecule has 1 atom stereocenters. The van der Waals surface area contributed by atoms with Gasteiger partial charge in [0, 0.05) is 13.2 Å². The molecular formula is C22H20N4O3. The van der Waals surface area contributed by atoms with Crippen LogP contribution in [0.25, 0.3) is 11.1 Å². The first-order valence-corrected chi connectivity index (χ1v) is 8.99. The Morgan fingerprint density at radius 3 is 2.45 bits per heavy atom. The van der Waals surface area contributed by atoms with E-state index < -0.39 is 5.54 Å². The maximum atomic E-state index is 13.3. The topological polar surface area (TPSA) is 101 Å². The van der Waals surface area contributed by atoms with Crippen LogP contribution in [-0.4, -0.2) is 41.0 Å². The third-order valence-electron chi connectivity index (χ3n) is 5.06. The first kappa shape index (κ1) is 18.5. The number of benzene rings is 2. The maximum absolute atomic E-state index is 13.3. The Labute approximate surface area is 168 Å². The number of guanidine groups is 1. The number of aromatic hydroxyl groups is 1. The summed E-state index contributed by atoms with van der Waals surface area (Å²) in [6.45, 7) is 0. The minimum absolute atomic E-state index is 0.0951. The highest BCUT2D eigenvalue weighted by Crippen LogP contribution is 2.40. The van der Waals surface area contributed by atoms with Crippen LogP contribution in [0.3, 0.4) is 0 Å². The molecule has 1 aliphatic heterocycles. The molecular weight excluding hydrogens is 368 g/mol. The molecule has 7 heteroatoms. The van der Waals surface area contributed by atoms with E-state index >= 15 is 0 Å². The van der Waals surface area contributed by atoms with Gasteiger partial charge in [-0.3, -0.25) is 14.7 Å². The van der Waals surface area contributed by atoms with E-state index in [2.05, 4.69) is 9.98 Å². The van der Waals surface area contributed by atoms with Gasteiger partial charge in [-0.05, 0) is 53.1 Å². The lowest BCUT2D eigenvalue weighted by Gasteiger charge is -2.25. The molecule has 1 aliphatic rings. The molecule has 1 amide bonds. The quantitative estimate of drug-likeness (QED) is 0.715. The zero-order valence-corrected chi connectivity index (χ0v) is 16.0. The lowest BCUT2D eigenvalue weighted by atomic mass is 9.85. The van der Waals surface area contributed by atoms with E-state index in [-0.39, 0.29) is 17.6 Å². The number of nitrogens with zero attached hydrogens (tertiary/aromatic N) is 3. The van der Waals surface area contributed by atoms with Crippen LogP contribution in [0.1, 0.15) is 11.3 Å². The van der Waals surface area contributed by atoms with Gasteiger partial charge < -0.3 is 15.6 Å². The number of nitrogens with two attached hydrogens (primary N) is 1. The van der Waals surface area contributed by atoms with Crippen molar-refractivity contribution in [2.45, 2.75) is 5.54 Å². The molecule has 2 aromatic carbocycles. The highest BCUT2D eigenvalue weighted by atomic mass is 16.5. The second kappa shape index (κ2) is 6.94. The van der Waals surface area contributed by atoms with Crippen molar-refractivity contribution in [1.82, 2.24) is 9.88 Å². The normalized spacial score (nSPS) is 18.6. The minimum atomic E-state index is -1.42. The highest BCUT2D eigenvalue weighted by molar-refractivity contribution is 6.08. The van der Waals surface area contributed by atoms with Crippen molar-refractivity contribution < 1.29 is 14.6 Å². The second-order valence-corrected chi connectivity index (χ2v) is 6.75. The first-order chi connectivity index (χ1) is 14.0. The number of amides is 1. The molecule has 146 valence electrons. The largest absolute Gasteiger partial charge is 0.508 e. The van der Waals surface area contributed by atoms with E-state index in [1.807, 2.05) is 36.4 Å². The first-order valence-electron chi connectivity index (χ1n) is 8.99. The fourth-order valence-electron chi connectivity index (χ4n) is 3.46. The lowest BCUT2D eigenvalue weighted by Crippen LogP contribution is -2.41. The third kappa shape index (κ3) is 2.97. The summed E-state index contributed by atoms with van der Waals surface area (Å²) in [5.41, 5.74) is 7.38.